The Labute approximate surface area is 138 Å². The van der Waals surface area contributed by atoms with Gasteiger partial charge in [0.15, 0.2) is 0 Å². The number of rotatable bonds is 4. The van der Waals surface area contributed by atoms with E-state index in [1.165, 1.54) is 5.56 Å². The van der Waals surface area contributed by atoms with Crippen molar-refractivity contribution >= 4 is 0 Å². The number of hydrogen-bond donors (Lipinski definition) is 1. The molecule has 2 heteroatoms. The smallest absolute Gasteiger partial charge is 0.0903 e. The molecule has 2 aromatic carbocycles. The molecule has 1 saturated carbocycles. The lowest BCUT2D eigenvalue weighted by Gasteiger charge is -2.26. The number of hydrogen-bond acceptors (Lipinski definition) is 2. The predicted molar refractivity (Wildman–Crippen MR) is 93.1 cm³/mol. The molecule has 0 bridgehead atoms. The second-order valence-electron chi connectivity index (χ2n) is 7.32. The van der Waals surface area contributed by atoms with Gasteiger partial charge in [0.25, 0.3) is 0 Å². The van der Waals surface area contributed by atoms with Crippen molar-refractivity contribution in [3.05, 3.63) is 71.8 Å². The van der Waals surface area contributed by atoms with E-state index in [1.807, 2.05) is 18.2 Å². The summed E-state index contributed by atoms with van der Waals surface area (Å²) in [6.45, 7) is 3.43. The molecule has 120 valence electrons. The van der Waals surface area contributed by atoms with Gasteiger partial charge in [0.2, 0.25) is 0 Å². The predicted octanol–water partition coefficient (Wildman–Crippen LogP) is 3.46. The van der Waals surface area contributed by atoms with Gasteiger partial charge in [0.05, 0.1) is 5.60 Å². The molecule has 1 aliphatic heterocycles. The van der Waals surface area contributed by atoms with Crippen molar-refractivity contribution in [2.24, 2.45) is 11.8 Å². The molecule has 0 aromatic heterocycles. The highest BCUT2D eigenvalue weighted by atomic mass is 16.3. The Morgan fingerprint density at radius 3 is 2.04 bits per heavy atom. The Morgan fingerprint density at radius 1 is 0.870 bits per heavy atom. The van der Waals surface area contributed by atoms with E-state index in [-0.39, 0.29) is 0 Å². The van der Waals surface area contributed by atoms with Gasteiger partial charge in [-0.3, -0.25) is 0 Å². The summed E-state index contributed by atoms with van der Waals surface area (Å²) < 4.78 is 0. The third-order valence-electron chi connectivity index (χ3n) is 5.72. The normalized spacial score (nSPS) is 30.5. The first-order valence-corrected chi connectivity index (χ1v) is 8.77. The number of aliphatic hydroxyl groups is 1. The minimum atomic E-state index is -0.595. The zero-order chi connectivity index (χ0) is 15.7. The fourth-order valence-corrected chi connectivity index (χ4v) is 4.55. The molecule has 1 saturated heterocycles. The van der Waals surface area contributed by atoms with E-state index in [9.17, 15) is 5.11 Å². The van der Waals surface area contributed by atoms with Crippen LogP contribution in [-0.4, -0.2) is 29.6 Å². The second kappa shape index (κ2) is 6.10. The maximum Gasteiger partial charge on any atom is 0.0903 e. The van der Waals surface area contributed by atoms with Crippen molar-refractivity contribution in [1.29, 1.82) is 0 Å². The Bertz CT molecular complexity index is 625. The largest absolute Gasteiger partial charge is 0.385 e. The van der Waals surface area contributed by atoms with Crippen LogP contribution in [0, 0.1) is 11.8 Å². The van der Waals surface area contributed by atoms with Crippen LogP contribution in [0.4, 0.5) is 0 Å². The zero-order valence-electron chi connectivity index (χ0n) is 13.6. The fourth-order valence-electron chi connectivity index (χ4n) is 4.55. The van der Waals surface area contributed by atoms with Crippen molar-refractivity contribution in [1.82, 2.24) is 4.90 Å². The minimum Gasteiger partial charge on any atom is -0.385 e. The standard InChI is InChI=1S/C21H25NO/c23-21(20-9-5-2-6-10-20)13-18-15-22(16-19(18)14-21)12-11-17-7-3-1-4-8-17/h1-10,18-19,23H,11-16H2/t18-,19+,21-. The van der Waals surface area contributed by atoms with Crippen LogP contribution in [0.2, 0.25) is 0 Å². The first-order chi connectivity index (χ1) is 11.2. The van der Waals surface area contributed by atoms with Crippen molar-refractivity contribution < 1.29 is 5.11 Å². The molecule has 1 N–H and O–H groups in total. The Morgan fingerprint density at radius 2 is 1.43 bits per heavy atom. The van der Waals surface area contributed by atoms with Gasteiger partial charge in [-0.15, -0.1) is 0 Å². The second-order valence-corrected chi connectivity index (χ2v) is 7.32. The third kappa shape index (κ3) is 3.06. The van der Waals surface area contributed by atoms with Crippen LogP contribution in [0.15, 0.2) is 60.7 Å². The van der Waals surface area contributed by atoms with Crippen LogP contribution in [0.1, 0.15) is 24.0 Å². The minimum absolute atomic E-state index is 0.595. The van der Waals surface area contributed by atoms with E-state index in [0.29, 0.717) is 11.8 Å². The molecule has 2 nitrogen and oxygen atoms in total. The van der Waals surface area contributed by atoms with Gasteiger partial charge >= 0.3 is 0 Å². The number of nitrogens with zero attached hydrogens (tertiary/aromatic N) is 1. The number of benzene rings is 2. The van der Waals surface area contributed by atoms with E-state index in [4.69, 9.17) is 0 Å². The molecule has 23 heavy (non-hydrogen) atoms. The van der Waals surface area contributed by atoms with Gasteiger partial charge in [-0.1, -0.05) is 60.7 Å². The van der Waals surface area contributed by atoms with Crippen molar-refractivity contribution in [3.8, 4) is 0 Å². The van der Waals surface area contributed by atoms with Crippen LogP contribution in [0.25, 0.3) is 0 Å². The highest BCUT2D eigenvalue weighted by molar-refractivity contribution is 5.25. The van der Waals surface area contributed by atoms with Crippen LogP contribution in [0.5, 0.6) is 0 Å². The monoisotopic (exact) mass is 307 g/mol. The van der Waals surface area contributed by atoms with E-state index >= 15 is 0 Å². The first-order valence-electron chi connectivity index (χ1n) is 8.77. The topological polar surface area (TPSA) is 23.5 Å². The first kappa shape index (κ1) is 14.9. The van der Waals surface area contributed by atoms with Gasteiger partial charge in [-0.2, -0.15) is 0 Å². The molecule has 3 atom stereocenters. The summed E-state index contributed by atoms with van der Waals surface area (Å²) >= 11 is 0. The van der Waals surface area contributed by atoms with Crippen molar-refractivity contribution in [2.75, 3.05) is 19.6 Å². The van der Waals surface area contributed by atoms with Gasteiger partial charge in [-0.25, -0.2) is 0 Å². The number of likely N-dealkylation sites (tertiary alicyclic amines) is 1. The molecular formula is C21H25NO. The summed E-state index contributed by atoms with van der Waals surface area (Å²) in [4.78, 5) is 2.59. The molecule has 1 heterocycles. The Hall–Kier alpha value is -1.64. The Balaban J connectivity index is 1.35. The average Bonchev–Trinajstić information content (AvgIpc) is 3.10. The quantitative estimate of drug-likeness (QED) is 0.935. The Kier molecular flexibility index (Phi) is 3.96. The molecule has 0 spiro atoms. The molecular weight excluding hydrogens is 282 g/mol. The lowest BCUT2D eigenvalue weighted by Crippen LogP contribution is -2.29. The van der Waals surface area contributed by atoms with Crippen LogP contribution >= 0.6 is 0 Å². The van der Waals surface area contributed by atoms with E-state index in [2.05, 4.69) is 47.4 Å². The summed E-state index contributed by atoms with van der Waals surface area (Å²) in [7, 11) is 0. The van der Waals surface area contributed by atoms with Gasteiger partial charge < -0.3 is 10.0 Å². The van der Waals surface area contributed by atoms with Gasteiger partial charge in [0.1, 0.15) is 0 Å². The summed E-state index contributed by atoms with van der Waals surface area (Å²) in [6.07, 6.45) is 2.97. The zero-order valence-corrected chi connectivity index (χ0v) is 13.6. The molecule has 4 rings (SSSR count). The van der Waals surface area contributed by atoms with Crippen molar-refractivity contribution in [2.45, 2.75) is 24.9 Å². The van der Waals surface area contributed by atoms with Gasteiger partial charge in [0, 0.05) is 19.6 Å². The fraction of sp³-hybridized carbons (Fsp3) is 0.429. The molecule has 2 aliphatic rings. The van der Waals surface area contributed by atoms with E-state index < -0.39 is 5.60 Å². The SMILES string of the molecule is O[C@@]1(c2ccccc2)C[C@H]2CN(CCc3ccccc3)C[C@H]2C1. The third-order valence-corrected chi connectivity index (χ3v) is 5.72. The van der Waals surface area contributed by atoms with E-state index in [0.717, 1.165) is 44.5 Å². The lowest BCUT2D eigenvalue weighted by molar-refractivity contribution is 0.0314. The van der Waals surface area contributed by atoms with E-state index in [1.54, 1.807) is 0 Å². The highest BCUT2D eigenvalue weighted by Crippen LogP contribution is 2.48. The maximum atomic E-state index is 11.0. The molecule has 0 unspecified atom stereocenters. The maximum absolute atomic E-state index is 11.0. The molecule has 0 radical (unpaired) electrons. The highest BCUT2D eigenvalue weighted by Gasteiger charge is 2.48. The summed E-state index contributed by atoms with van der Waals surface area (Å²) in [5.74, 6) is 1.30. The lowest BCUT2D eigenvalue weighted by atomic mass is 9.90. The molecule has 0 amide bonds. The summed E-state index contributed by atoms with van der Waals surface area (Å²) in [5.41, 5.74) is 1.93. The summed E-state index contributed by atoms with van der Waals surface area (Å²) in [6, 6.07) is 21.0. The van der Waals surface area contributed by atoms with Crippen LogP contribution in [-0.2, 0) is 12.0 Å². The van der Waals surface area contributed by atoms with Crippen LogP contribution in [0.3, 0.4) is 0 Å². The average molecular weight is 307 g/mol. The van der Waals surface area contributed by atoms with Crippen LogP contribution < -0.4 is 0 Å². The molecule has 2 aromatic rings. The molecule has 2 fully saturated rings. The summed E-state index contributed by atoms with van der Waals surface area (Å²) in [5, 5.41) is 11.0. The van der Waals surface area contributed by atoms with Crippen molar-refractivity contribution in [3.63, 3.8) is 0 Å². The number of fused-ring (bicyclic) bond motifs is 1. The molecule has 1 aliphatic carbocycles. The van der Waals surface area contributed by atoms with Gasteiger partial charge in [-0.05, 0) is 42.2 Å².